The molecule has 2 aromatic rings. The molecule has 2 heterocycles. The minimum atomic E-state index is -0.586. The molecule has 0 fully saturated rings. The van der Waals surface area contributed by atoms with E-state index in [-0.39, 0.29) is 36.7 Å². The van der Waals surface area contributed by atoms with Crippen LogP contribution in [0.2, 0.25) is 0 Å². The molecule has 1 atom stereocenters. The summed E-state index contributed by atoms with van der Waals surface area (Å²) in [7, 11) is 0. The second-order valence-corrected chi connectivity index (χ2v) is 5.39. The summed E-state index contributed by atoms with van der Waals surface area (Å²) in [6.07, 6.45) is 2.41. The van der Waals surface area contributed by atoms with Gasteiger partial charge in [0.1, 0.15) is 6.54 Å². The number of nitrogens with one attached hydrogen (secondary N) is 2. The highest BCUT2D eigenvalue weighted by atomic mass is 35.5. The van der Waals surface area contributed by atoms with E-state index in [2.05, 4.69) is 27.9 Å². The molecule has 0 spiro atoms. The SMILES string of the molecule is Cl.O=C(Cn1ccc([N+](=O)[O-])n1)NCC1NCCc2ccccc21. The first kappa shape index (κ1) is 17.9. The molecule has 24 heavy (non-hydrogen) atoms. The zero-order chi connectivity index (χ0) is 16.2. The van der Waals surface area contributed by atoms with Crippen LogP contribution in [0.15, 0.2) is 36.5 Å². The van der Waals surface area contributed by atoms with Crippen LogP contribution in [0.4, 0.5) is 5.82 Å². The number of nitrogens with zero attached hydrogens (tertiary/aromatic N) is 3. The summed E-state index contributed by atoms with van der Waals surface area (Å²) >= 11 is 0. The lowest BCUT2D eigenvalue weighted by molar-refractivity contribution is -0.389. The molecule has 0 aliphatic carbocycles. The van der Waals surface area contributed by atoms with E-state index in [0.29, 0.717) is 6.54 Å². The second kappa shape index (κ2) is 7.89. The Bertz CT molecular complexity index is 733. The van der Waals surface area contributed by atoms with Gasteiger partial charge in [0.15, 0.2) is 0 Å². The van der Waals surface area contributed by atoms with Crippen molar-refractivity contribution >= 4 is 24.1 Å². The Hall–Kier alpha value is -2.45. The Morgan fingerprint density at radius 3 is 2.96 bits per heavy atom. The molecule has 8 nitrogen and oxygen atoms in total. The van der Waals surface area contributed by atoms with Crippen LogP contribution in [-0.4, -0.2) is 33.7 Å². The number of carbonyl (C=O) groups is 1. The predicted molar refractivity (Wildman–Crippen MR) is 90.0 cm³/mol. The van der Waals surface area contributed by atoms with E-state index < -0.39 is 4.92 Å². The van der Waals surface area contributed by atoms with Gasteiger partial charge >= 0.3 is 5.82 Å². The van der Waals surface area contributed by atoms with Crippen LogP contribution in [0.3, 0.4) is 0 Å². The lowest BCUT2D eigenvalue weighted by Crippen LogP contribution is -2.39. The second-order valence-electron chi connectivity index (χ2n) is 5.39. The lowest BCUT2D eigenvalue weighted by Gasteiger charge is -2.27. The third-order valence-electron chi connectivity index (χ3n) is 3.84. The number of hydrogen-bond acceptors (Lipinski definition) is 5. The molecule has 1 unspecified atom stereocenters. The van der Waals surface area contributed by atoms with Gasteiger partial charge in [0.05, 0.1) is 17.4 Å². The summed E-state index contributed by atoms with van der Waals surface area (Å²) in [5, 5.41) is 20.5. The van der Waals surface area contributed by atoms with Gasteiger partial charge < -0.3 is 20.7 Å². The van der Waals surface area contributed by atoms with Crippen LogP contribution >= 0.6 is 12.4 Å². The molecular weight excluding hydrogens is 334 g/mol. The fraction of sp³-hybridized carbons (Fsp3) is 0.333. The number of rotatable bonds is 5. The van der Waals surface area contributed by atoms with Crippen molar-refractivity contribution in [3.8, 4) is 0 Å². The molecule has 9 heteroatoms. The number of carbonyl (C=O) groups excluding carboxylic acids is 1. The Labute approximate surface area is 144 Å². The van der Waals surface area contributed by atoms with Gasteiger partial charge in [-0.2, -0.15) is 4.68 Å². The molecule has 3 rings (SSSR count). The molecule has 0 saturated heterocycles. The van der Waals surface area contributed by atoms with E-state index in [1.54, 1.807) is 0 Å². The maximum atomic E-state index is 12.0. The van der Waals surface area contributed by atoms with Crippen molar-refractivity contribution in [1.82, 2.24) is 20.4 Å². The van der Waals surface area contributed by atoms with Crippen molar-refractivity contribution in [1.29, 1.82) is 0 Å². The van der Waals surface area contributed by atoms with E-state index in [1.165, 1.54) is 28.1 Å². The highest BCUT2D eigenvalue weighted by Crippen LogP contribution is 2.21. The normalized spacial score (nSPS) is 15.9. The highest BCUT2D eigenvalue weighted by molar-refractivity contribution is 5.85. The standard InChI is InChI=1S/C15H17N5O3.ClH/c21-15(10-19-8-6-14(18-19)20(22)23)17-9-13-12-4-2-1-3-11(12)5-7-16-13;/h1-4,6,8,13,16H,5,7,9-10H2,(H,17,21);1H. The van der Waals surface area contributed by atoms with Gasteiger partial charge in [-0.3, -0.25) is 4.79 Å². The maximum Gasteiger partial charge on any atom is 0.389 e. The molecule has 128 valence electrons. The molecule has 1 aromatic heterocycles. The van der Waals surface area contributed by atoms with E-state index in [1.807, 2.05) is 12.1 Å². The van der Waals surface area contributed by atoms with Crippen molar-refractivity contribution in [3.63, 3.8) is 0 Å². The fourth-order valence-corrected chi connectivity index (χ4v) is 2.73. The molecule has 0 saturated carbocycles. The monoisotopic (exact) mass is 351 g/mol. The molecule has 0 bridgehead atoms. The quantitative estimate of drug-likeness (QED) is 0.623. The highest BCUT2D eigenvalue weighted by Gasteiger charge is 2.20. The van der Waals surface area contributed by atoms with Crippen LogP contribution in [0, 0.1) is 10.1 Å². The van der Waals surface area contributed by atoms with Crippen LogP contribution in [0.25, 0.3) is 0 Å². The van der Waals surface area contributed by atoms with Gasteiger partial charge in [0.2, 0.25) is 5.91 Å². The van der Waals surface area contributed by atoms with E-state index >= 15 is 0 Å². The topological polar surface area (TPSA) is 102 Å². The molecule has 2 N–H and O–H groups in total. The Balaban J connectivity index is 0.00000208. The third kappa shape index (κ3) is 4.09. The summed E-state index contributed by atoms with van der Waals surface area (Å²) in [6.45, 7) is 1.31. The zero-order valence-electron chi connectivity index (χ0n) is 12.8. The predicted octanol–water partition coefficient (Wildman–Crippen LogP) is 1.22. The molecule has 1 aliphatic heterocycles. The minimum Gasteiger partial charge on any atom is -0.358 e. The number of nitro groups is 1. The van der Waals surface area contributed by atoms with Gasteiger partial charge in [0.25, 0.3) is 0 Å². The van der Waals surface area contributed by atoms with Gasteiger partial charge in [-0.1, -0.05) is 24.3 Å². The van der Waals surface area contributed by atoms with Crippen LogP contribution in [0.1, 0.15) is 17.2 Å². The summed E-state index contributed by atoms with van der Waals surface area (Å²) in [6, 6.07) is 9.53. The van der Waals surface area contributed by atoms with E-state index in [4.69, 9.17) is 0 Å². The van der Waals surface area contributed by atoms with E-state index in [0.717, 1.165) is 13.0 Å². The Morgan fingerprint density at radius 1 is 1.42 bits per heavy atom. The summed E-state index contributed by atoms with van der Waals surface area (Å²) in [5.41, 5.74) is 2.50. The van der Waals surface area contributed by atoms with Gasteiger partial charge in [0, 0.05) is 12.6 Å². The van der Waals surface area contributed by atoms with Crippen molar-refractivity contribution in [2.45, 2.75) is 19.0 Å². The zero-order valence-corrected chi connectivity index (χ0v) is 13.7. The number of aromatic nitrogens is 2. The van der Waals surface area contributed by atoms with Crippen molar-refractivity contribution < 1.29 is 9.72 Å². The number of amides is 1. The summed E-state index contributed by atoms with van der Waals surface area (Å²) in [4.78, 5) is 22.0. The molecule has 1 aliphatic rings. The third-order valence-corrected chi connectivity index (χ3v) is 3.84. The van der Waals surface area contributed by atoms with Crippen LogP contribution < -0.4 is 10.6 Å². The number of halogens is 1. The number of hydrogen-bond donors (Lipinski definition) is 2. The van der Waals surface area contributed by atoms with Gasteiger partial charge in [-0.05, 0) is 29.0 Å². The molecular formula is C15H18ClN5O3. The minimum absolute atomic E-state index is 0. The first-order valence-electron chi connectivity index (χ1n) is 7.39. The molecule has 1 aromatic carbocycles. The first-order valence-corrected chi connectivity index (χ1v) is 7.39. The van der Waals surface area contributed by atoms with Crippen LogP contribution in [-0.2, 0) is 17.8 Å². The maximum absolute atomic E-state index is 12.0. The largest absolute Gasteiger partial charge is 0.389 e. The van der Waals surface area contributed by atoms with Gasteiger partial charge in [-0.25, -0.2) is 0 Å². The molecule has 1 amide bonds. The number of benzene rings is 1. The smallest absolute Gasteiger partial charge is 0.358 e. The number of fused-ring (bicyclic) bond motifs is 1. The van der Waals surface area contributed by atoms with Crippen molar-refractivity contribution in [2.24, 2.45) is 0 Å². The van der Waals surface area contributed by atoms with Crippen molar-refractivity contribution in [3.05, 3.63) is 57.8 Å². The first-order chi connectivity index (χ1) is 11.1. The fourth-order valence-electron chi connectivity index (χ4n) is 2.73. The Kier molecular flexibility index (Phi) is 5.88. The average molecular weight is 352 g/mol. The Morgan fingerprint density at radius 2 is 2.21 bits per heavy atom. The van der Waals surface area contributed by atoms with Gasteiger partial charge in [-0.15, -0.1) is 12.4 Å². The average Bonchev–Trinajstić information content (AvgIpc) is 3.01. The summed E-state index contributed by atoms with van der Waals surface area (Å²) in [5.74, 6) is -0.492. The van der Waals surface area contributed by atoms with Crippen molar-refractivity contribution in [2.75, 3.05) is 13.1 Å². The van der Waals surface area contributed by atoms with E-state index in [9.17, 15) is 14.9 Å². The van der Waals surface area contributed by atoms with Crippen LogP contribution in [0.5, 0.6) is 0 Å². The lowest BCUT2D eigenvalue weighted by atomic mass is 9.94. The summed E-state index contributed by atoms with van der Waals surface area (Å²) < 4.78 is 1.26. The molecule has 0 radical (unpaired) electrons.